The highest BCUT2D eigenvalue weighted by Gasteiger charge is 2.65. The fourth-order valence-electron chi connectivity index (χ4n) is 3.81. The van der Waals surface area contributed by atoms with E-state index in [1.54, 1.807) is 37.3 Å². The van der Waals surface area contributed by atoms with Crippen molar-refractivity contribution in [1.82, 2.24) is 5.32 Å². The minimum atomic E-state index is -2.41. The van der Waals surface area contributed by atoms with E-state index in [2.05, 4.69) is 39.2 Å². The molecule has 0 aromatic heterocycles. The molecule has 1 aromatic rings. The number of carbonyl (C=O) groups is 3. The highest BCUT2D eigenvalue weighted by Crippen LogP contribution is 2.44. The number of hydrogen-bond acceptors (Lipinski definition) is 6. The minimum absolute atomic E-state index is 0.158. The van der Waals surface area contributed by atoms with Crippen molar-refractivity contribution in [1.29, 1.82) is 0 Å². The maximum atomic E-state index is 13.3. The first kappa shape index (κ1) is 26.1. The lowest BCUT2D eigenvalue weighted by molar-refractivity contribution is -0.162. The van der Waals surface area contributed by atoms with Gasteiger partial charge >= 0.3 is 11.9 Å². The van der Waals surface area contributed by atoms with Crippen LogP contribution in [0.5, 0.6) is 0 Å². The van der Waals surface area contributed by atoms with Gasteiger partial charge in [-0.1, -0.05) is 59.7 Å². The Morgan fingerprint density at radius 3 is 2.16 bits per heavy atom. The third kappa shape index (κ3) is 4.76. The first-order chi connectivity index (χ1) is 14.7. The molecule has 1 heterocycles. The molecule has 0 spiro atoms. The van der Waals surface area contributed by atoms with Crippen LogP contribution in [0.4, 0.5) is 0 Å². The van der Waals surface area contributed by atoms with E-state index >= 15 is 0 Å². The maximum absolute atomic E-state index is 13.3. The number of hydrogen-bond donors (Lipinski definition) is 1. The molecule has 1 aromatic carbocycles. The molecule has 0 radical (unpaired) electrons. The summed E-state index contributed by atoms with van der Waals surface area (Å²) in [4.78, 5) is 39.2. The van der Waals surface area contributed by atoms with E-state index in [9.17, 15) is 14.4 Å². The van der Waals surface area contributed by atoms with Crippen molar-refractivity contribution >= 4 is 26.2 Å². The van der Waals surface area contributed by atoms with Crippen molar-refractivity contribution in [2.45, 2.75) is 77.4 Å². The Balaban J connectivity index is 2.60. The average Bonchev–Trinajstić information content (AvgIpc) is 2.96. The van der Waals surface area contributed by atoms with Gasteiger partial charge in [0.15, 0.2) is 8.32 Å². The van der Waals surface area contributed by atoms with E-state index < -0.39 is 43.9 Å². The van der Waals surface area contributed by atoms with Crippen LogP contribution in [0.25, 0.3) is 0 Å². The first-order valence-corrected chi connectivity index (χ1v) is 13.9. The lowest BCUT2D eigenvalue weighted by Crippen LogP contribution is -2.68. The molecule has 1 N–H and O–H groups in total. The fourth-order valence-corrected chi connectivity index (χ4v) is 5.19. The molecule has 0 bridgehead atoms. The zero-order valence-electron chi connectivity index (χ0n) is 20.6. The summed E-state index contributed by atoms with van der Waals surface area (Å²) >= 11 is 0. The van der Waals surface area contributed by atoms with Crippen LogP contribution >= 0.6 is 0 Å². The molecular formula is C24H37NO6Si. The normalized spacial score (nSPS) is 24.8. The summed E-state index contributed by atoms with van der Waals surface area (Å²) in [6.45, 7) is 15.8. The molecule has 0 unspecified atom stereocenters. The number of benzene rings is 1. The molecule has 1 fully saturated rings. The molecular weight excluding hydrogens is 426 g/mol. The van der Waals surface area contributed by atoms with Gasteiger partial charge in [-0.3, -0.25) is 4.79 Å². The molecule has 0 aliphatic carbocycles. The van der Waals surface area contributed by atoms with Crippen LogP contribution in [-0.2, 0) is 23.5 Å². The Morgan fingerprint density at radius 1 is 1.12 bits per heavy atom. The van der Waals surface area contributed by atoms with E-state index in [1.165, 1.54) is 7.11 Å². The number of esters is 2. The zero-order valence-corrected chi connectivity index (χ0v) is 21.6. The highest BCUT2D eigenvalue weighted by atomic mass is 28.4. The molecule has 2 rings (SSSR count). The third-order valence-electron chi connectivity index (χ3n) is 6.70. The van der Waals surface area contributed by atoms with E-state index in [1.807, 2.05) is 13.8 Å². The molecule has 1 saturated heterocycles. The van der Waals surface area contributed by atoms with Gasteiger partial charge in [0, 0.05) is 0 Å². The van der Waals surface area contributed by atoms with Gasteiger partial charge in [-0.2, -0.15) is 0 Å². The lowest BCUT2D eigenvalue weighted by Gasteiger charge is -2.46. The quantitative estimate of drug-likeness (QED) is 0.487. The summed E-state index contributed by atoms with van der Waals surface area (Å²) in [6, 6.07) is 8.56. The zero-order chi connectivity index (χ0) is 24.5. The van der Waals surface area contributed by atoms with Crippen molar-refractivity contribution in [3.8, 4) is 0 Å². The van der Waals surface area contributed by atoms with Crippen LogP contribution in [0.1, 0.15) is 51.9 Å². The van der Waals surface area contributed by atoms with E-state index in [0.717, 1.165) is 0 Å². The minimum Gasteiger partial charge on any atom is -0.467 e. The number of amides is 1. The van der Waals surface area contributed by atoms with E-state index in [-0.39, 0.29) is 16.9 Å². The number of nitrogens with one attached hydrogen (secondary N) is 1. The topological polar surface area (TPSA) is 90.9 Å². The molecule has 1 aliphatic rings. The van der Waals surface area contributed by atoms with E-state index in [4.69, 9.17) is 13.9 Å². The standard InChI is InChI=1S/C24H37NO6Si/c1-15(2)18(30-21(27)17-13-11-10-12-14-17)24(22(28)29-7)19(16(3)20(26)25-24)31-32(8,9)23(4,5)6/h10-16,18-19H,1-9H3,(H,25,26)/t16-,18+,19-,24-/m1/s1. The smallest absolute Gasteiger partial charge is 0.338 e. The van der Waals surface area contributed by atoms with Gasteiger partial charge in [0.1, 0.15) is 6.10 Å². The van der Waals surface area contributed by atoms with Crippen LogP contribution in [0, 0.1) is 11.8 Å². The first-order valence-electron chi connectivity index (χ1n) is 11.0. The molecule has 32 heavy (non-hydrogen) atoms. The van der Waals surface area contributed by atoms with E-state index in [0.29, 0.717) is 5.56 Å². The number of carbonyl (C=O) groups excluding carboxylic acids is 3. The van der Waals surface area contributed by atoms with Crippen LogP contribution in [0.3, 0.4) is 0 Å². The number of methoxy groups -OCH3 is 1. The Bertz CT molecular complexity index is 848. The monoisotopic (exact) mass is 463 g/mol. The molecule has 4 atom stereocenters. The van der Waals surface area contributed by atoms with Gasteiger partial charge < -0.3 is 19.2 Å². The fraction of sp³-hybridized carbons (Fsp3) is 0.625. The third-order valence-corrected chi connectivity index (χ3v) is 11.2. The molecule has 0 saturated carbocycles. The second-order valence-electron chi connectivity index (χ2n) is 10.4. The second kappa shape index (κ2) is 9.35. The molecule has 8 heteroatoms. The summed E-state index contributed by atoms with van der Waals surface area (Å²) < 4.78 is 17.8. The molecule has 1 aliphatic heterocycles. The Labute approximate surface area is 192 Å². The Kier molecular flexibility index (Phi) is 7.62. The Morgan fingerprint density at radius 2 is 1.69 bits per heavy atom. The summed E-state index contributed by atoms with van der Waals surface area (Å²) in [7, 11) is -1.15. The van der Waals surface area contributed by atoms with Crippen LogP contribution < -0.4 is 5.32 Å². The van der Waals surface area contributed by atoms with Crippen LogP contribution in [0.15, 0.2) is 30.3 Å². The van der Waals surface area contributed by atoms with Gasteiger partial charge in [-0.25, -0.2) is 9.59 Å². The van der Waals surface area contributed by atoms with Crippen molar-refractivity contribution in [2.24, 2.45) is 11.8 Å². The van der Waals surface area contributed by atoms with Gasteiger partial charge in [0.2, 0.25) is 11.4 Å². The van der Waals surface area contributed by atoms with Crippen molar-refractivity contribution in [2.75, 3.05) is 7.11 Å². The highest BCUT2D eigenvalue weighted by molar-refractivity contribution is 6.74. The van der Waals surface area contributed by atoms with Gasteiger partial charge in [0.05, 0.1) is 24.7 Å². The lowest BCUT2D eigenvalue weighted by atomic mass is 9.79. The summed E-state index contributed by atoms with van der Waals surface area (Å²) in [5.41, 5.74) is -1.29. The van der Waals surface area contributed by atoms with Gasteiger partial charge in [-0.05, 0) is 36.2 Å². The van der Waals surface area contributed by atoms with Crippen molar-refractivity contribution < 1.29 is 28.3 Å². The van der Waals surface area contributed by atoms with Gasteiger partial charge in [0.25, 0.3) is 0 Å². The van der Waals surface area contributed by atoms with Crippen LogP contribution in [0.2, 0.25) is 18.1 Å². The summed E-state index contributed by atoms with van der Waals surface area (Å²) in [5.74, 6) is -2.52. The summed E-state index contributed by atoms with van der Waals surface area (Å²) in [6.07, 6.45) is -1.84. The predicted molar refractivity (Wildman–Crippen MR) is 125 cm³/mol. The van der Waals surface area contributed by atoms with Crippen molar-refractivity contribution in [3.63, 3.8) is 0 Å². The summed E-state index contributed by atoms with van der Waals surface area (Å²) in [5, 5.41) is 2.68. The van der Waals surface area contributed by atoms with Crippen molar-refractivity contribution in [3.05, 3.63) is 35.9 Å². The SMILES string of the molecule is COC(=O)[C@]1([C@@H](OC(=O)c2ccccc2)C(C)C)NC(=O)[C@H](C)[C@H]1O[Si](C)(C)C(C)(C)C. The Hall–Kier alpha value is -2.19. The average molecular weight is 464 g/mol. The van der Waals surface area contributed by atoms with Crippen LogP contribution in [-0.4, -0.2) is 51.0 Å². The second-order valence-corrected chi connectivity index (χ2v) is 15.1. The largest absolute Gasteiger partial charge is 0.467 e. The molecule has 1 amide bonds. The molecule has 7 nitrogen and oxygen atoms in total. The number of rotatable bonds is 7. The maximum Gasteiger partial charge on any atom is 0.338 e. The van der Waals surface area contributed by atoms with Gasteiger partial charge in [-0.15, -0.1) is 0 Å². The molecule has 178 valence electrons. The predicted octanol–water partition coefficient (Wildman–Crippen LogP) is 3.94. The number of ether oxygens (including phenoxy) is 2.